The summed E-state index contributed by atoms with van der Waals surface area (Å²) in [5, 5.41) is 0. The van der Waals surface area contributed by atoms with Crippen LogP contribution in [0.5, 0.6) is 11.5 Å². The zero-order chi connectivity index (χ0) is 41.2. The lowest BCUT2D eigenvalue weighted by atomic mass is 9.66. The molecule has 0 unspecified atom stereocenters. The molecular formula is C60H41NO. The molecule has 2 nitrogen and oxygen atoms in total. The lowest BCUT2D eigenvalue weighted by Gasteiger charge is -2.36. The maximum atomic E-state index is 6.67. The number of rotatable bonds is 3. The second-order valence-electron chi connectivity index (χ2n) is 17.6. The van der Waals surface area contributed by atoms with Gasteiger partial charge in [0.05, 0.1) is 11.1 Å². The summed E-state index contributed by atoms with van der Waals surface area (Å²) in [5.74, 6) is 1.72. The Hall–Kier alpha value is -7.68. The van der Waals surface area contributed by atoms with Crippen LogP contribution in [0.4, 0.5) is 17.1 Å². The second-order valence-corrected chi connectivity index (χ2v) is 17.6. The van der Waals surface area contributed by atoms with Crippen LogP contribution in [0.1, 0.15) is 58.4 Å². The van der Waals surface area contributed by atoms with Crippen molar-refractivity contribution in [1.82, 2.24) is 0 Å². The number of fused-ring (bicyclic) bond motifs is 17. The van der Waals surface area contributed by atoms with E-state index in [-0.39, 0.29) is 5.41 Å². The minimum absolute atomic E-state index is 0.169. The molecule has 0 fully saturated rings. The first-order chi connectivity index (χ1) is 30.5. The van der Waals surface area contributed by atoms with E-state index in [1.54, 1.807) is 0 Å². The molecule has 0 saturated heterocycles. The van der Waals surface area contributed by atoms with Crippen LogP contribution in [0.3, 0.4) is 0 Å². The largest absolute Gasteiger partial charge is 0.456 e. The van der Waals surface area contributed by atoms with Gasteiger partial charge in [-0.1, -0.05) is 184 Å². The summed E-state index contributed by atoms with van der Waals surface area (Å²) in [6.07, 6.45) is 4.61. The Labute approximate surface area is 362 Å². The van der Waals surface area contributed by atoms with Crippen molar-refractivity contribution in [3.63, 3.8) is 0 Å². The van der Waals surface area contributed by atoms with Crippen LogP contribution in [-0.4, -0.2) is 0 Å². The topological polar surface area (TPSA) is 12.5 Å². The summed E-state index contributed by atoms with van der Waals surface area (Å²) in [6.45, 7) is 4.75. The van der Waals surface area contributed by atoms with Gasteiger partial charge in [-0.25, -0.2) is 0 Å². The Morgan fingerprint density at radius 2 is 0.855 bits per heavy atom. The van der Waals surface area contributed by atoms with Crippen molar-refractivity contribution in [3.05, 3.63) is 245 Å². The minimum atomic E-state index is -0.542. The van der Waals surface area contributed by atoms with Gasteiger partial charge in [0.2, 0.25) is 0 Å². The summed E-state index contributed by atoms with van der Waals surface area (Å²) >= 11 is 0. The molecule has 0 radical (unpaired) electrons. The fourth-order valence-electron chi connectivity index (χ4n) is 11.4. The molecule has 1 aliphatic heterocycles. The highest BCUT2D eigenvalue weighted by atomic mass is 16.5. The smallest absolute Gasteiger partial charge is 0.135 e. The molecule has 2 heteroatoms. The van der Waals surface area contributed by atoms with E-state index < -0.39 is 5.41 Å². The van der Waals surface area contributed by atoms with Gasteiger partial charge in [0.15, 0.2) is 0 Å². The van der Waals surface area contributed by atoms with Crippen molar-refractivity contribution in [1.29, 1.82) is 0 Å². The standard InChI is InChI=1S/C60H41NO/c1-59(2)51-24-11-5-18-43(51)44-35-33-41(37-54(44)59)61(40-32-34-42-45-19-7-13-28-56(45)62-57-29-14-8-20-46(57)48(42)36-40)55-27-15-26-53-58(55)47-21-6-12-25-52(47)60(53)49-22-9-3-16-38(49)30-31-39-17-4-10-23-50(39)60/h3-37H,1-2H3. The van der Waals surface area contributed by atoms with Crippen molar-refractivity contribution in [3.8, 4) is 56.0 Å². The number of nitrogens with zero attached hydrogens (tertiary/aromatic N) is 1. The monoisotopic (exact) mass is 791 g/mol. The van der Waals surface area contributed by atoms with Crippen LogP contribution >= 0.6 is 0 Å². The summed E-state index contributed by atoms with van der Waals surface area (Å²) in [5.41, 5.74) is 22.6. The molecule has 9 aromatic carbocycles. The average molecular weight is 792 g/mol. The maximum Gasteiger partial charge on any atom is 0.135 e. The number of hydrogen-bond donors (Lipinski definition) is 0. The lowest BCUT2D eigenvalue weighted by Crippen LogP contribution is -2.30. The Balaban J connectivity index is 1.12. The van der Waals surface area contributed by atoms with Crippen LogP contribution in [0.15, 0.2) is 200 Å². The third kappa shape index (κ3) is 4.69. The maximum absolute atomic E-state index is 6.67. The van der Waals surface area contributed by atoms with Crippen LogP contribution in [0, 0.1) is 0 Å². The average Bonchev–Trinajstić information content (AvgIpc) is 3.60. The van der Waals surface area contributed by atoms with Gasteiger partial charge in [0.25, 0.3) is 0 Å². The molecule has 0 amide bonds. The van der Waals surface area contributed by atoms with E-state index >= 15 is 0 Å². The normalized spacial score (nSPS) is 14.6. The first-order valence-corrected chi connectivity index (χ1v) is 21.7. The van der Waals surface area contributed by atoms with Crippen molar-refractivity contribution in [2.24, 2.45) is 0 Å². The highest BCUT2D eigenvalue weighted by molar-refractivity contribution is 6.01. The second kappa shape index (κ2) is 12.9. The van der Waals surface area contributed by atoms with E-state index in [0.29, 0.717) is 0 Å². The molecule has 62 heavy (non-hydrogen) atoms. The van der Waals surface area contributed by atoms with Crippen LogP contribution in [0.2, 0.25) is 0 Å². The Morgan fingerprint density at radius 3 is 1.55 bits per heavy atom. The third-order valence-electron chi connectivity index (χ3n) is 14.1. The van der Waals surface area contributed by atoms with Gasteiger partial charge < -0.3 is 9.64 Å². The van der Waals surface area contributed by atoms with Gasteiger partial charge in [-0.3, -0.25) is 0 Å². The molecular weight excluding hydrogens is 751 g/mol. The van der Waals surface area contributed by atoms with Gasteiger partial charge in [-0.05, 0) is 115 Å². The quantitative estimate of drug-likeness (QED) is 0.177. The summed E-state index contributed by atoms with van der Waals surface area (Å²) in [7, 11) is 0. The predicted octanol–water partition coefficient (Wildman–Crippen LogP) is 15.7. The summed E-state index contributed by atoms with van der Waals surface area (Å²) in [6, 6.07) is 74.1. The number of ether oxygens (including phenoxy) is 1. The van der Waals surface area contributed by atoms with E-state index in [2.05, 4.69) is 231 Å². The molecule has 1 spiro atoms. The fourth-order valence-corrected chi connectivity index (χ4v) is 11.4. The van der Waals surface area contributed by atoms with Gasteiger partial charge in [0, 0.05) is 33.5 Å². The number of hydrogen-bond acceptors (Lipinski definition) is 2. The highest BCUT2D eigenvalue weighted by Gasteiger charge is 2.49. The Kier molecular flexibility index (Phi) is 7.31. The Morgan fingerprint density at radius 1 is 0.355 bits per heavy atom. The van der Waals surface area contributed by atoms with Crippen molar-refractivity contribution in [2.75, 3.05) is 4.90 Å². The molecule has 0 atom stereocenters. The summed E-state index contributed by atoms with van der Waals surface area (Å²) in [4.78, 5) is 2.53. The molecule has 9 aromatic rings. The minimum Gasteiger partial charge on any atom is -0.456 e. The molecule has 3 aliphatic carbocycles. The molecule has 13 rings (SSSR count). The first kappa shape index (κ1) is 35.1. The molecule has 1 heterocycles. The zero-order valence-corrected chi connectivity index (χ0v) is 34.6. The van der Waals surface area contributed by atoms with Crippen LogP contribution in [0.25, 0.3) is 56.7 Å². The number of benzene rings is 9. The van der Waals surface area contributed by atoms with E-state index in [4.69, 9.17) is 4.74 Å². The van der Waals surface area contributed by atoms with E-state index in [1.165, 1.54) is 66.8 Å². The van der Waals surface area contributed by atoms with Crippen molar-refractivity contribution >= 4 is 29.2 Å². The van der Waals surface area contributed by atoms with Gasteiger partial charge in [-0.2, -0.15) is 0 Å². The summed E-state index contributed by atoms with van der Waals surface area (Å²) < 4.78 is 6.67. The number of anilines is 3. The fraction of sp³-hybridized carbons (Fsp3) is 0.0667. The van der Waals surface area contributed by atoms with E-state index in [0.717, 1.165) is 50.8 Å². The van der Waals surface area contributed by atoms with Crippen molar-refractivity contribution in [2.45, 2.75) is 24.7 Å². The van der Waals surface area contributed by atoms with Crippen molar-refractivity contribution < 1.29 is 4.74 Å². The molecule has 0 aromatic heterocycles. The zero-order valence-electron chi connectivity index (χ0n) is 34.6. The first-order valence-electron chi connectivity index (χ1n) is 21.7. The van der Waals surface area contributed by atoms with Gasteiger partial charge in [-0.15, -0.1) is 0 Å². The molecule has 0 N–H and O–H groups in total. The van der Waals surface area contributed by atoms with E-state index in [9.17, 15) is 0 Å². The number of para-hydroxylation sites is 2. The van der Waals surface area contributed by atoms with Gasteiger partial charge >= 0.3 is 0 Å². The lowest BCUT2D eigenvalue weighted by molar-refractivity contribution is 0.488. The molecule has 0 saturated carbocycles. The third-order valence-corrected chi connectivity index (χ3v) is 14.1. The van der Waals surface area contributed by atoms with Crippen LogP contribution < -0.4 is 9.64 Å². The molecule has 292 valence electrons. The highest BCUT2D eigenvalue weighted by Crippen LogP contribution is 2.62. The SMILES string of the molecule is CC1(C)c2ccccc2-c2ccc(N(c3ccc4c(c3)-c3ccccc3Oc3ccccc3-4)c3cccc4c3-c3ccccc3C43c4ccccc4C=Cc4ccccc43)cc21. The predicted molar refractivity (Wildman–Crippen MR) is 256 cm³/mol. The molecule has 4 aliphatic rings. The Bertz CT molecular complexity index is 3330. The van der Waals surface area contributed by atoms with Gasteiger partial charge in [0.1, 0.15) is 11.5 Å². The van der Waals surface area contributed by atoms with Crippen LogP contribution in [-0.2, 0) is 10.8 Å². The van der Waals surface area contributed by atoms with E-state index in [1.807, 2.05) is 0 Å². The molecule has 0 bridgehead atoms.